The molecule has 6 heteroatoms. The molecule has 0 bridgehead atoms. The minimum absolute atomic E-state index is 0.639. The van der Waals surface area contributed by atoms with E-state index in [1.807, 2.05) is 49.5 Å². The van der Waals surface area contributed by atoms with Crippen LogP contribution in [0.2, 0.25) is 0 Å². The largest absolute Gasteiger partial charge is 0.347 e. The van der Waals surface area contributed by atoms with Crippen molar-refractivity contribution in [2.45, 2.75) is 6.92 Å². The fourth-order valence-electron chi connectivity index (χ4n) is 2.63. The van der Waals surface area contributed by atoms with Crippen molar-refractivity contribution in [2.75, 3.05) is 5.32 Å². The number of rotatable bonds is 4. The lowest BCUT2D eigenvalue weighted by molar-refractivity contribution is 1.13. The lowest BCUT2D eigenvalue weighted by Crippen LogP contribution is -1.97. The van der Waals surface area contributed by atoms with Gasteiger partial charge in [0.2, 0.25) is 0 Å². The second-order valence-corrected chi connectivity index (χ2v) is 5.57. The molecule has 0 saturated carbocycles. The minimum Gasteiger partial charge on any atom is -0.347 e. The van der Waals surface area contributed by atoms with Crippen LogP contribution in [0.5, 0.6) is 0 Å². The number of nitrogens with zero attached hydrogens (tertiary/aromatic N) is 4. The van der Waals surface area contributed by atoms with Crippen LogP contribution in [0.25, 0.3) is 22.8 Å². The van der Waals surface area contributed by atoms with Gasteiger partial charge in [-0.05, 0) is 30.7 Å². The lowest BCUT2D eigenvalue weighted by Gasteiger charge is -2.09. The second kappa shape index (κ2) is 6.52. The Balaban J connectivity index is 1.74. The molecule has 0 unspecified atom stereocenters. The lowest BCUT2D eigenvalue weighted by atomic mass is 10.1. The van der Waals surface area contributed by atoms with E-state index < -0.39 is 0 Å². The Labute approximate surface area is 145 Å². The zero-order valence-corrected chi connectivity index (χ0v) is 13.6. The van der Waals surface area contributed by atoms with Gasteiger partial charge in [0.05, 0.1) is 17.5 Å². The topological polar surface area (TPSA) is 79.4 Å². The summed E-state index contributed by atoms with van der Waals surface area (Å²) in [4.78, 5) is 20.8. The highest BCUT2D eigenvalue weighted by atomic mass is 15.0. The molecule has 2 N–H and O–H groups in total. The van der Waals surface area contributed by atoms with Crippen LogP contribution in [-0.4, -0.2) is 24.9 Å². The Morgan fingerprint density at radius 3 is 2.60 bits per heavy atom. The molecule has 0 radical (unpaired) electrons. The molecule has 4 rings (SSSR count). The SMILES string of the molecule is Cc1c[nH]c(Nc2ccccc2)c1-c1nccc(-c2cnccn2)n1. The predicted octanol–water partition coefficient (Wildman–Crippen LogP) is 3.98. The number of para-hydroxylation sites is 1. The molecular weight excluding hydrogens is 312 g/mol. The van der Waals surface area contributed by atoms with E-state index in [1.54, 1.807) is 24.8 Å². The number of aryl methyl sites for hydroxylation is 1. The van der Waals surface area contributed by atoms with E-state index in [9.17, 15) is 0 Å². The maximum absolute atomic E-state index is 4.67. The first kappa shape index (κ1) is 15.0. The summed E-state index contributed by atoms with van der Waals surface area (Å²) in [6, 6.07) is 11.8. The number of anilines is 2. The van der Waals surface area contributed by atoms with Gasteiger partial charge in [-0.1, -0.05) is 18.2 Å². The van der Waals surface area contributed by atoms with Crippen molar-refractivity contribution >= 4 is 11.5 Å². The number of hydrogen-bond acceptors (Lipinski definition) is 5. The fourth-order valence-corrected chi connectivity index (χ4v) is 2.63. The fraction of sp³-hybridized carbons (Fsp3) is 0.0526. The summed E-state index contributed by atoms with van der Waals surface area (Å²) in [6.45, 7) is 2.03. The van der Waals surface area contributed by atoms with Gasteiger partial charge in [0.25, 0.3) is 0 Å². The predicted molar refractivity (Wildman–Crippen MR) is 97.3 cm³/mol. The minimum atomic E-state index is 0.639. The zero-order valence-electron chi connectivity index (χ0n) is 13.6. The van der Waals surface area contributed by atoms with Crippen LogP contribution in [0.15, 0.2) is 67.4 Å². The first-order chi connectivity index (χ1) is 12.3. The highest BCUT2D eigenvalue weighted by Crippen LogP contribution is 2.31. The van der Waals surface area contributed by atoms with E-state index >= 15 is 0 Å². The van der Waals surface area contributed by atoms with Crippen LogP contribution in [0.1, 0.15) is 5.56 Å². The quantitative estimate of drug-likeness (QED) is 0.592. The van der Waals surface area contributed by atoms with Crippen molar-refractivity contribution in [2.24, 2.45) is 0 Å². The number of hydrogen-bond donors (Lipinski definition) is 2. The summed E-state index contributed by atoms with van der Waals surface area (Å²) in [5.74, 6) is 1.50. The summed E-state index contributed by atoms with van der Waals surface area (Å²) in [5, 5.41) is 3.39. The van der Waals surface area contributed by atoms with Gasteiger partial charge in [-0.15, -0.1) is 0 Å². The number of H-pyrrole nitrogens is 1. The average Bonchev–Trinajstić information content (AvgIpc) is 3.03. The van der Waals surface area contributed by atoms with Crippen molar-refractivity contribution < 1.29 is 0 Å². The number of nitrogens with one attached hydrogen (secondary N) is 2. The van der Waals surface area contributed by atoms with Crippen molar-refractivity contribution in [1.82, 2.24) is 24.9 Å². The Hall–Kier alpha value is -3.54. The highest BCUT2D eigenvalue weighted by molar-refractivity contribution is 5.78. The molecule has 122 valence electrons. The van der Waals surface area contributed by atoms with Crippen LogP contribution in [0.3, 0.4) is 0 Å². The summed E-state index contributed by atoms with van der Waals surface area (Å²) < 4.78 is 0. The van der Waals surface area contributed by atoms with Crippen LogP contribution in [-0.2, 0) is 0 Å². The summed E-state index contributed by atoms with van der Waals surface area (Å²) >= 11 is 0. The van der Waals surface area contributed by atoms with Crippen molar-refractivity contribution in [3.63, 3.8) is 0 Å². The van der Waals surface area contributed by atoms with Gasteiger partial charge in [-0.25, -0.2) is 9.97 Å². The maximum atomic E-state index is 4.67. The Kier molecular flexibility index (Phi) is 3.92. The van der Waals surface area contributed by atoms with E-state index in [1.165, 1.54) is 0 Å². The molecular formula is C19H16N6. The molecule has 0 aliphatic carbocycles. The van der Waals surface area contributed by atoms with Crippen molar-refractivity contribution in [3.8, 4) is 22.8 Å². The number of aromatic amines is 1. The van der Waals surface area contributed by atoms with Crippen molar-refractivity contribution in [3.05, 3.63) is 72.9 Å². The molecule has 0 aliphatic rings. The van der Waals surface area contributed by atoms with Gasteiger partial charge in [-0.3, -0.25) is 9.97 Å². The molecule has 0 atom stereocenters. The molecule has 0 amide bonds. The molecule has 0 fully saturated rings. The van der Waals surface area contributed by atoms with Gasteiger partial charge in [0, 0.05) is 30.5 Å². The molecule has 0 saturated heterocycles. The van der Waals surface area contributed by atoms with Crippen LogP contribution in [0, 0.1) is 6.92 Å². The monoisotopic (exact) mass is 328 g/mol. The number of benzene rings is 1. The van der Waals surface area contributed by atoms with Crippen LogP contribution < -0.4 is 5.32 Å². The van der Waals surface area contributed by atoms with E-state index in [0.717, 1.165) is 34.0 Å². The first-order valence-corrected chi connectivity index (χ1v) is 7.91. The van der Waals surface area contributed by atoms with E-state index in [2.05, 4.69) is 30.2 Å². The summed E-state index contributed by atoms with van der Waals surface area (Å²) in [6.07, 6.45) is 8.67. The van der Waals surface area contributed by atoms with E-state index in [-0.39, 0.29) is 0 Å². The van der Waals surface area contributed by atoms with E-state index in [4.69, 9.17) is 0 Å². The molecule has 1 aromatic carbocycles. The van der Waals surface area contributed by atoms with Crippen molar-refractivity contribution in [1.29, 1.82) is 0 Å². The summed E-state index contributed by atoms with van der Waals surface area (Å²) in [7, 11) is 0. The Morgan fingerprint density at radius 1 is 0.920 bits per heavy atom. The molecule has 4 aromatic rings. The van der Waals surface area contributed by atoms with Crippen LogP contribution >= 0.6 is 0 Å². The zero-order chi connectivity index (χ0) is 17.1. The molecule has 25 heavy (non-hydrogen) atoms. The van der Waals surface area contributed by atoms with Gasteiger partial charge in [0.1, 0.15) is 11.5 Å². The van der Waals surface area contributed by atoms with Gasteiger partial charge < -0.3 is 10.3 Å². The average molecular weight is 328 g/mol. The Bertz CT molecular complexity index is 979. The standard InChI is InChI=1S/C19H16N6/c1-13-11-23-19(24-14-5-3-2-4-6-14)17(13)18-22-8-7-15(25-18)16-12-20-9-10-21-16/h2-12,23-24H,1H3. The molecule has 6 nitrogen and oxygen atoms in total. The third-order valence-corrected chi connectivity index (χ3v) is 3.83. The van der Waals surface area contributed by atoms with Gasteiger partial charge >= 0.3 is 0 Å². The summed E-state index contributed by atoms with van der Waals surface area (Å²) in [5.41, 5.74) is 4.46. The molecule has 0 spiro atoms. The molecule has 0 aliphatic heterocycles. The molecule has 3 heterocycles. The second-order valence-electron chi connectivity index (χ2n) is 5.57. The van der Waals surface area contributed by atoms with E-state index in [0.29, 0.717) is 5.82 Å². The highest BCUT2D eigenvalue weighted by Gasteiger charge is 2.15. The first-order valence-electron chi connectivity index (χ1n) is 7.91. The Morgan fingerprint density at radius 2 is 1.80 bits per heavy atom. The molecule has 3 aromatic heterocycles. The normalized spacial score (nSPS) is 10.6. The van der Waals surface area contributed by atoms with Crippen LogP contribution in [0.4, 0.5) is 11.5 Å². The third kappa shape index (κ3) is 3.10. The van der Waals surface area contributed by atoms with Gasteiger partial charge in [-0.2, -0.15) is 0 Å². The third-order valence-electron chi connectivity index (χ3n) is 3.83. The maximum Gasteiger partial charge on any atom is 0.163 e. The van der Waals surface area contributed by atoms with Gasteiger partial charge in [0.15, 0.2) is 5.82 Å². The number of aromatic nitrogens is 5. The smallest absolute Gasteiger partial charge is 0.163 e.